The summed E-state index contributed by atoms with van der Waals surface area (Å²) in [6.45, 7) is 0. The van der Waals surface area contributed by atoms with Crippen molar-refractivity contribution in [2.24, 2.45) is 4.40 Å². The van der Waals surface area contributed by atoms with Crippen LogP contribution in [0.3, 0.4) is 0 Å². The predicted molar refractivity (Wildman–Crippen MR) is 82.8 cm³/mol. The second kappa shape index (κ2) is 5.22. The smallest absolute Gasteiger partial charge is 0.288 e. The topological polar surface area (TPSA) is 63.6 Å². The van der Waals surface area contributed by atoms with Crippen LogP contribution in [0.4, 0.5) is 0 Å². The average Bonchev–Trinajstić information content (AvgIpc) is 2.99. The van der Waals surface area contributed by atoms with E-state index in [-0.39, 0.29) is 20.7 Å². The summed E-state index contributed by atoms with van der Waals surface area (Å²) < 4.78 is 28.4. The monoisotopic (exact) mass is 337 g/mol. The fraction of sp³-hybridized carbons (Fsp3) is 0. The number of hydrogen-bond donors (Lipinski definition) is 0. The Morgan fingerprint density at radius 1 is 1.05 bits per heavy atom. The van der Waals surface area contributed by atoms with Crippen LogP contribution >= 0.6 is 22.9 Å². The Bertz CT molecular complexity index is 881. The molecule has 0 fully saturated rings. The molecular weight excluding hydrogens is 330 g/mol. The van der Waals surface area contributed by atoms with E-state index in [1.165, 1.54) is 12.1 Å². The van der Waals surface area contributed by atoms with Gasteiger partial charge in [-0.1, -0.05) is 41.9 Å². The third-order valence-corrected chi connectivity index (χ3v) is 5.84. The van der Waals surface area contributed by atoms with Gasteiger partial charge in [0.2, 0.25) is 5.78 Å². The number of nitrogens with zero attached hydrogens (tertiary/aromatic N) is 1. The van der Waals surface area contributed by atoms with E-state index in [4.69, 9.17) is 11.6 Å². The van der Waals surface area contributed by atoms with Crippen molar-refractivity contribution in [3.8, 4) is 0 Å². The lowest BCUT2D eigenvalue weighted by Crippen LogP contribution is -2.16. The Morgan fingerprint density at radius 3 is 2.43 bits per heavy atom. The van der Waals surface area contributed by atoms with Gasteiger partial charge >= 0.3 is 0 Å². The number of benzene rings is 1. The zero-order valence-corrected chi connectivity index (χ0v) is 12.9. The molecule has 0 saturated carbocycles. The predicted octanol–water partition coefficient (Wildman–Crippen LogP) is 3.25. The van der Waals surface area contributed by atoms with Crippen LogP contribution in [0.5, 0.6) is 0 Å². The Labute approximate surface area is 130 Å². The van der Waals surface area contributed by atoms with E-state index in [0.29, 0.717) is 11.1 Å². The van der Waals surface area contributed by atoms with Crippen molar-refractivity contribution in [3.05, 3.63) is 64.0 Å². The third kappa shape index (κ3) is 2.57. The summed E-state index contributed by atoms with van der Waals surface area (Å²) in [7, 11) is -3.81. The minimum Gasteiger partial charge on any atom is -0.288 e. The SMILES string of the molecule is O=C1C(Cl)=CC(=NS(=O)(=O)c2cccs2)c2ccccc21. The first-order valence-corrected chi connectivity index (χ1v) is 8.58. The molecule has 0 aliphatic heterocycles. The molecular formula is C14H8ClNO3S2. The molecule has 0 unspecified atom stereocenters. The fourth-order valence-corrected chi connectivity index (χ4v) is 4.13. The van der Waals surface area contributed by atoms with Gasteiger partial charge < -0.3 is 0 Å². The number of rotatable bonds is 2. The van der Waals surface area contributed by atoms with Crippen LogP contribution in [-0.2, 0) is 10.0 Å². The molecule has 1 aliphatic rings. The number of sulfonamides is 1. The van der Waals surface area contributed by atoms with Crippen molar-refractivity contribution in [1.82, 2.24) is 0 Å². The van der Waals surface area contributed by atoms with Crippen LogP contribution in [0.2, 0.25) is 0 Å². The van der Waals surface area contributed by atoms with Gasteiger partial charge in [0.15, 0.2) is 0 Å². The van der Waals surface area contributed by atoms with Crippen LogP contribution < -0.4 is 0 Å². The van der Waals surface area contributed by atoms with E-state index in [0.717, 1.165) is 11.3 Å². The molecule has 0 bridgehead atoms. The van der Waals surface area contributed by atoms with Crippen LogP contribution in [0.25, 0.3) is 0 Å². The molecule has 1 aromatic carbocycles. The molecule has 0 spiro atoms. The van der Waals surface area contributed by atoms with Gasteiger partial charge in [-0.15, -0.1) is 11.3 Å². The molecule has 7 heteroatoms. The molecule has 1 heterocycles. The summed E-state index contributed by atoms with van der Waals surface area (Å²) in [5.41, 5.74) is 0.987. The molecule has 0 N–H and O–H groups in total. The highest BCUT2D eigenvalue weighted by Gasteiger charge is 2.25. The molecule has 4 nitrogen and oxygen atoms in total. The molecule has 0 radical (unpaired) electrons. The van der Waals surface area contributed by atoms with Gasteiger partial charge in [-0.05, 0) is 17.5 Å². The summed E-state index contributed by atoms with van der Waals surface area (Å²) in [4.78, 5) is 12.0. The number of carbonyl (C=O) groups excluding carboxylic acids is 1. The van der Waals surface area contributed by atoms with Crippen molar-refractivity contribution < 1.29 is 13.2 Å². The third-order valence-electron chi connectivity index (χ3n) is 2.90. The molecule has 21 heavy (non-hydrogen) atoms. The minimum atomic E-state index is -3.81. The van der Waals surface area contributed by atoms with Gasteiger partial charge in [-0.2, -0.15) is 12.8 Å². The maximum atomic E-state index is 12.2. The molecule has 0 atom stereocenters. The maximum Gasteiger partial charge on any atom is 0.292 e. The van der Waals surface area contributed by atoms with Crippen LogP contribution in [0, 0.1) is 0 Å². The van der Waals surface area contributed by atoms with Gasteiger partial charge in [0.25, 0.3) is 10.0 Å². The lowest BCUT2D eigenvalue weighted by molar-refractivity contribution is 0.104. The largest absolute Gasteiger partial charge is 0.292 e. The standard InChI is InChI=1S/C14H8ClNO3S2/c15-11-8-12(9-4-1-2-5-10(9)14(11)17)16-21(18,19)13-6-3-7-20-13/h1-8H. The first-order valence-electron chi connectivity index (χ1n) is 5.89. The number of allylic oxidation sites excluding steroid dienone is 2. The molecule has 2 aromatic rings. The van der Waals surface area contributed by atoms with Crippen molar-refractivity contribution in [2.45, 2.75) is 4.21 Å². The molecule has 106 valence electrons. The zero-order valence-electron chi connectivity index (χ0n) is 10.5. The highest BCUT2D eigenvalue weighted by atomic mass is 35.5. The highest BCUT2D eigenvalue weighted by Crippen LogP contribution is 2.26. The summed E-state index contributed by atoms with van der Waals surface area (Å²) in [5.74, 6) is -0.334. The first-order chi connectivity index (χ1) is 9.99. The quantitative estimate of drug-likeness (QED) is 0.845. The Morgan fingerprint density at radius 2 is 1.76 bits per heavy atom. The Kier molecular flexibility index (Phi) is 3.52. The number of fused-ring (bicyclic) bond motifs is 1. The Balaban J connectivity index is 2.19. The number of halogens is 1. The molecule has 3 rings (SSSR count). The summed E-state index contributed by atoms with van der Waals surface area (Å²) in [6.07, 6.45) is 1.29. The number of hydrogen-bond acceptors (Lipinski definition) is 4. The first kappa shape index (κ1) is 14.2. The molecule has 0 amide bonds. The zero-order chi connectivity index (χ0) is 15.0. The summed E-state index contributed by atoms with van der Waals surface area (Å²) in [6, 6.07) is 9.77. The number of carbonyl (C=O) groups is 1. The molecule has 0 saturated heterocycles. The van der Waals surface area contributed by atoms with Crippen LogP contribution in [0.1, 0.15) is 15.9 Å². The van der Waals surface area contributed by atoms with E-state index in [9.17, 15) is 13.2 Å². The van der Waals surface area contributed by atoms with Crippen molar-refractivity contribution >= 4 is 44.5 Å². The van der Waals surface area contributed by atoms with Crippen molar-refractivity contribution in [1.29, 1.82) is 0 Å². The van der Waals surface area contributed by atoms with Gasteiger partial charge in [0.05, 0.1) is 10.7 Å². The number of thiophene rings is 1. The fourth-order valence-electron chi connectivity index (χ4n) is 1.96. The van der Waals surface area contributed by atoms with E-state index >= 15 is 0 Å². The normalized spacial score (nSPS) is 16.7. The van der Waals surface area contributed by atoms with Crippen molar-refractivity contribution in [3.63, 3.8) is 0 Å². The number of Topliss-reactive ketones (excluding diaryl/α,β-unsaturated/α-hetero) is 1. The van der Waals surface area contributed by atoms with E-state index in [2.05, 4.69) is 4.40 Å². The average molecular weight is 338 g/mol. The van der Waals surface area contributed by atoms with Gasteiger partial charge in [0, 0.05) is 11.1 Å². The van der Waals surface area contributed by atoms with Gasteiger partial charge in [-0.3, -0.25) is 4.79 Å². The van der Waals surface area contributed by atoms with Gasteiger partial charge in [-0.25, -0.2) is 0 Å². The summed E-state index contributed by atoms with van der Waals surface area (Å²) >= 11 is 6.97. The minimum absolute atomic E-state index is 0.0474. The second-order valence-corrected chi connectivity index (χ2v) is 7.44. The molecule has 1 aromatic heterocycles. The van der Waals surface area contributed by atoms with Crippen molar-refractivity contribution in [2.75, 3.05) is 0 Å². The van der Waals surface area contributed by atoms with E-state index < -0.39 is 10.0 Å². The lowest BCUT2D eigenvalue weighted by Gasteiger charge is -2.13. The highest BCUT2D eigenvalue weighted by molar-refractivity contribution is 7.92. The second-order valence-electron chi connectivity index (χ2n) is 4.25. The number of ketones is 1. The van der Waals surface area contributed by atoms with Crippen LogP contribution in [-0.4, -0.2) is 19.9 Å². The maximum absolute atomic E-state index is 12.2. The van der Waals surface area contributed by atoms with Gasteiger partial charge in [0.1, 0.15) is 4.21 Å². The molecule has 1 aliphatic carbocycles. The van der Waals surface area contributed by atoms with E-state index in [1.54, 1.807) is 35.7 Å². The Hall–Kier alpha value is -1.76. The summed E-state index contributed by atoms with van der Waals surface area (Å²) in [5, 5.41) is 1.61. The van der Waals surface area contributed by atoms with Crippen LogP contribution in [0.15, 0.2) is 61.5 Å². The lowest BCUT2D eigenvalue weighted by atomic mass is 9.94. The van der Waals surface area contributed by atoms with E-state index in [1.807, 2.05) is 0 Å².